The van der Waals surface area contributed by atoms with Crippen LogP contribution in [0.4, 0.5) is 0 Å². The monoisotopic (exact) mass is 230 g/mol. The second-order valence-corrected chi connectivity index (χ2v) is 3.23. The molecule has 0 atom stereocenters. The Balaban J connectivity index is 2.74. The number of nitrogens with zero attached hydrogens (tertiary/aromatic N) is 3. The van der Waals surface area contributed by atoms with Crippen molar-refractivity contribution in [3.8, 4) is 0 Å². The van der Waals surface area contributed by atoms with Gasteiger partial charge in [0.2, 0.25) is 5.82 Å². The Morgan fingerprint density at radius 3 is 2.65 bits per heavy atom. The molecule has 17 heavy (non-hydrogen) atoms. The number of carbonyl (C=O) groups excluding carboxylic acids is 1. The molecule has 0 unspecified atom stereocenters. The lowest BCUT2D eigenvalue weighted by Crippen LogP contribution is -2.24. The highest BCUT2D eigenvalue weighted by Gasteiger charge is 2.09. The van der Waals surface area contributed by atoms with E-state index in [1.165, 1.54) is 12.3 Å². The van der Waals surface area contributed by atoms with E-state index in [9.17, 15) is 4.79 Å². The van der Waals surface area contributed by atoms with Crippen LogP contribution in [0.5, 0.6) is 0 Å². The first-order chi connectivity index (χ1) is 8.17. The molecule has 5 heteroatoms. The first-order valence-electron chi connectivity index (χ1n) is 5.08. The van der Waals surface area contributed by atoms with E-state index < -0.39 is 0 Å². The molecule has 0 aliphatic carbocycles. The molecule has 0 spiro atoms. The third kappa shape index (κ3) is 3.98. The smallest absolute Gasteiger partial charge is 0.294 e. The molecule has 1 heterocycles. The molecule has 0 saturated heterocycles. The van der Waals surface area contributed by atoms with E-state index >= 15 is 0 Å². The van der Waals surface area contributed by atoms with Crippen molar-refractivity contribution in [2.24, 2.45) is 4.99 Å². The van der Waals surface area contributed by atoms with Crippen LogP contribution < -0.4 is 5.32 Å². The van der Waals surface area contributed by atoms with Crippen molar-refractivity contribution in [1.29, 1.82) is 0 Å². The highest BCUT2D eigenvalue weighted by Crippen LogP contribution is 1.96. The van der Waals surface area contributed by atoms with Gasteiger partial charge in [-0.05, 0) is 25.5 Å². The molecule has 0 bridgehead atoms. The summed E-state index contributed by atoms with van der Waals surface area (Å²) in [4.78, 5) is 23.5. The van der Waals surface area contributed by atoms with Crippen LogP contribution in [0.15, 0.2) is 41.9 Å². The summed E-state index contributed by atoms with van der Waals surface area (Å²) >= 11 is 0. The van der Waals surface area contributed by atoms with Gasteiger partial charge >= 0.3 is 0 Å². The molecule has 1 N–H and O–H groups in total. The summed E-state index contributed by atoms with van der Waals surface area (Å²) in [6.45, 7) is 7.12. The number of aryl methyl sites for hydroxylation is 1. The van der Waals surface area contributed by atoms with E-state index in [0.29, 0.717) is 5.82 Å². The third-order valence-corrected chi connectivity index (χ3v) is 1.82. The Morgan fingerprint density at radius 1 is 1.47 bits per heavy atom. The lowest BCUT2D eigenvalue weighted by molar-refractivity contribution is 0.0955. The SMILES string of the molecule is C=C/C=N\C(=C/C)NC(=O)c1ncc(C)cn1. The van der Waals surface area contributed by atoms with E-state index in [1.807, 2.05) is 6.92 Å². The molecule has 0 radical (unpaired) electrons. The summed E-state index contributed by atoms with van der Waals surface area (Å²) in [6, 6.07) is 0. The van der Waals surface area contributed by atoms with Crippen LogP contribution in [0.2, 0.25) is 0 Å². The molecular weight excluding hydrogens is 216 g/mol. The van der Waals surface area contributed by atoms with Crippen molar-refractivity contribution in [2.75, 3.05) is 0 Å². The standard InChI is InChI=1S/C12H14N4O/c1-4-6-13-10(5-2)16-12(17)11-14-7-9(3)8-15-11/h4-8H,1H2,2-3H3,(H,16,17)/b10-5+,13-6-. The second kappa shape index (κ2) is 6.32. The van der Waals surface area contributed by atoms with Crippen molar-refractivity contribution in [1.82, 2.24) is 15.3 Å². The maximum atomic E-state index is 11.7. The van der Waals surface area contributed by atoms with Crippen LogP contribution in [-0.4, -0.2) is 22.1 Å². The molecule has 0 aromatic carbocycles. The molecule has 0 aliphatic heterocycles. The van der Waals surface area contributed by atoms with Crippen LogP contribution >= 0.6 is 0 Å². The van der Waals surface area contributed by atoms with Crippen LogP contribution in [-0.2, 0) is 0 Å². The Labute approximate surface area is 100 Å². The maximum Gasteiger partial charge on any atom is 0.294 e. The molecular formula is C12H14N4O. The molecule has 1 aromatic rings. The lowest BCUT2D eigenvalue weighted by Gasteiger charge is -2.03. The number of nitrogens with one attached hydrogen (secondary N) is 1. The van der Waals surface area contributed by atoms with E-state index in [2.05, 4.69) is 26.9 Å². The Kier molecular flexibility index (Phi) is 4.75. The first-order valence-corrected chi connectivity index (χ1v) is 5.08. The van der Waals surface area contributed by atoms with Gasteiger partial charge in [0.15, 0.2) is 0 Å². The molecule has 1 aromatic heterocycles. The number of allylic oxidation sites excluding steroid dienone is 2. The molecule has 0 fully saturated rings. The Morgan fingerprint density at radius 2 is 2.12 bits per heavy atom. The number of hydrogen-bond donors (Lipinski definition) is 1. The van der Waals surface area contributed by atoms with Gasteiger partial charge in [0.1, 0.15) is 5.82 Å². The van der Waals surface area contributed by atoms with Gasteiger partial charge in [-0.3, -0.25) is 4.79 Å². The maximum absolute atomic E-state index is 11.7. The minimum Gasteiger partial charge on any atom is -0.304 e. The van der Waals surface area contributed by atoms with E-state index in [4.69, 9.17) is 0 Å². The van der Waals surface area contributed by atoms with Gasteiger partial charge in [-0.15, -0.1) is 0 Å². The molecule has 88 valence electrons. The average molecular weight is 230 g/mol. The number of rotatable bonds is 4. The fourth-order valence-electron chi connectivity index (χ4n) is 0.994. The van der Waals surface area contributed by atoms with Gasteiger partial charge in [0.25, 0.3) is 5.91 Å². The van der Waals surface area contributed by atoms with Gasteiger partial charge in [0.05, 0.1) is 0 Å². The van der Waals surface area contributed by atoms with Crippen molar-refractivity contribution in [2.45, 2.75) is 13.8 Å². The summed E-state index contributed by atoms with van der Waals surface area (Å²) in [5.41, 5.74) is 0.900. The van der Waals surface area contributed by atoms with Gasteiger partial charge in [-0.2, -0.15) is 0 Å². The topological polar surface area (TPSA) is 67.2 Å². The van der Waals surface area contributed by atoms with Crippen molar-refractivity contribution in [3.63, 3.8) is 0 Å². The second-order valence-electron chi connectivity index (χ2n) is 3.23. The van der Waals surface area contributed by atoms with E-state index in [1.54, 1.807) is 25.4 Å². The molecule has 0 saturated carbocycles. The van der Waals surface area contributed by atoms with E-state index in [0.717, 1.165) is 5.56 Å². The van der Waals surface area contributed by atoms with Crippen LogP contribution in [0, 0.1) is 6.92 Å². The largest absolute Gasteiger partial charge is 0.304 e. The van der Waals surface area contributed by atoms with Crippen LogP contribution in [0.1, 0.15) is 23.1 Å². The summed E-state index contributed by atoms with van der Waals surface area (Å²) in [6.07, 6.45) is 7.87. The van der Waals surface area contributed by atoms with Crippen LogP contribution in [0.3, 0.4) is 0 Å². The van der Waals surface area contributed by atoms with Gasteiger partial charge in [-0.25, -0.2) is 15.0 Å². The fourth-order valence-corrected chi connectivity index (χ4v) is 0.994. The molecule has 0 aliphatic rings. The quantitative estimate of drug-likeness (QED) is 0.799. The molecule has 5 nitrogen and oxygen atoms in total. The minimum atomic E-state index is -0.390. The number of hydrogen-bond acceptors (Lipinski definition) is 4. The zero-order chi connectivity index (χ0) is 12.7. The van der Waals surface area contributed by atoms with Crippen LogP contribution in [0.25, 0.3) is 0 Å². The van der Waals surface area contributed by atoms with Gasteiger partial charge in [0, 0.05) is 18.6 Å². The minimum absolute atomic E-state index is 0.115. The predicted molar refractivity (Wildman–Crippen MR) is 66.7 cm³/mol. The summed E-state index contributed by atoms with van der Waals surface area (Å²) in [5.74, 6) is 0.155. The zero-order valence-electron chi connectivity index (χ0n) is 9.84. The summed E-state index contributed by atoms with van der Waals surface area (Å²) in [7, 11) is 0. The number of aliphatic imine (C=N–C) groups is 1. The average Bonchev–Trinajstić information content (AvgIpc) is 2.35. The van der Waals surface area contributed by atoms with Gasteiger partial charge < -0.3 is 5.32 Å². The highest BCUT2D eigenvalue weighted by atomic mass is 16.2. The highest BCUT2D eigenvalue weighted by molar-refractivity contribution is 5.91. The van der Waals surface area contributed by atoms with Crippen molar-refractivity contribution >= 4 is 12.1 Å². The Bertz CT molecular complexity index is 460. The van der Waals surface area contributed by atoms with Crippen molar-refractivity contribution in [3.05, 3.63) is 48.3 Å². The molecule has 1 amide bonds. The van der Waals surface area contributed by atoms with Gasteiger partial charge in [-0.1, -0.05) is 12.7 Å². The first kappa shape index (κ1) is 12.8. The molecule has 1 rings (SSSR count). The summed E-state index contributed by atoms with van der Waals surface area (Å²) < 4.78 is 0. The fraction of sp³-hybridized carbons (Fsp3) is 0.167. The zero-order valence-corrected chi connectivity index (χ0v) is 9.84. The number of aromatic nitrogens is 2. The third-order valence-electron chi connectivity index (χ3n) is 1.82. The van der Waals surface area contributed by atoms with Crippen molar-refractivity contribution < 1.29 is 4.79 Å². The normalized spacial score (nSPS) is 11.5. The predicted octanol–water partition coefficient (Wildman–Crippen LogP) is 1.63. The summed E-state index contributed by atoms with van der Waals surface area (Å²) in [5, 5.41) is 2.59. The number of amides is 1. The number of carbonyl (C=O) groups is 1. The van der Waals surface area contributed by atoms with E-state index in [-0.39, 0.29) is 11.7 Å². The lowest BCUT2D eigenvalue weighted by atomic mass is 10.4. The Hall–Kier alpha value is -2.30.